The van der Waals surface area contributed by atoms with E-state index in [0.29, 0.717) is 11.3 Å². The molecule has 0 aliphatic carbocycles. The Morgan fingerprint density at radius 2 is 2.12 bits per heavy atom. The van der Waals surface area contributed by atoms with Crippen LogP contribution in [0, 0.1) is 0 Å². The van der Waals surface area contributed by atoms with Crippen LogP contribution in [-0.2, 0) is 0 Å². The number of amides is 1. The lowest BCUT2D eigenvalue weighted by atomic mass is 10.3. The summed E-state index contributed by atoms with van der Waals surface area (Å²) in [6, 6.07) is 7.25. The van der Waals surface area contributed by atoms with Crippen LogP contribution < -0.4 is 11.3 Å². The fraction of sp³-hybridized carbons (Fsp3) is 0. The summed E-state index contributed by atoms with van der Waals surface area (Å²) in [4.78, 5) is 30.1. The van der Waals surface area contributed by atoms with E-state index in [0.717, 1.165) is 5.52 Å². The molecular weight excluding hydrogens is 220 g/mol. The molecule has 0 aliphatic rings. The van der Waals surface area contributed by atoms with Crippen molar-refractivity contribution < 1.29 is 4.79 Å². The molecule has 0 unspecified atom stereocenters. The molecule has 0 bridgehead atoms. The molecule has 0 spiro atoms. The molecule has 84 valence electrons. The molecule has 3 N–H and O–H groups in total. The Labute approximate surface area is 94.7 Å². The SMILES string of the molecule is NC(=O)c1cnc2[nH]c3ccccc3n2c1=O. The highest BCUT2D eigenvalue weighted by molar-refractivity contribution is 5.92. The predicted molar refractivity (Wildman–Crippen MR) is 61.8 cm³/mol. The van der Waals surface area contributed by atoms with Gasteiger partial charge in [-0.25, -0.2) is 9.38 Å². The number of fused-ring (bicyclic) bond motifs is 3. The maximum Gasteiger partial charge on any atom is 0.272 e. The standard InChI is InChI=1S/C11H8N4O2/c12-9(16)6-5-13-11-14-7-3-1-2-4-8(7)15(11)10(6)17/h1-5H,(H2,12,16)(H,13,14). The zero-order valence-electron chi connectivity index (χ0n) is 8.68. The van der Waals surface area contributed by atoms with Crippen molar-refractivity contribution in [1.29, 1.82) is 0 Å². The number of aromatic nitrogens is 3. The summed E-state index contributed by atoms with van der Waals surface area (Å²) in [5, 5.41) is 0. The van der Waals surface area contributed by atoms with E-state index in [4.69, 9.17) is 5.73 Å². The number of carbonyl (C=O) groups is 1. The molecule has 3 aromatic rings. The summed E-state index contributed by atoms with van der Waals surface area (Å²) >= 11 is 0. The average Bonchev–Trinajstić information content (AvgIpc) is 2.67. The Morgan fingerprint density at radius 3 is 2.88 bits per heavy atom. The first-order valence-electron chi connectivity index (χ1n) is 4.97. The monoisotopic (exact) mass is 228 g/mol. The van der Waals surface area contributed by atoms with E-state index in [1.54, 1.807) is 12.1 Å². The van der Waals surface area contributed by atoms with E-state index < -0.39 is 11.5 Å². The lowest BCUT2D eigenvalue weighted by Gasteiger charge is -1.96. The van der Waals surface area contributed by atoms with Gasteiger partial charge in [0.25, 0.3) is 11.5 Å². The second-order valence-electron chi connectivity index (χ2n) is 3.64. The van der Waals surface area contributed by atoms with Gasteiger partial charge in [-0.2, -0.15) is 0 Å². The van der Waals surface area contributed by atoms with Gasteiger partial charge in [-0.15, -0.1) is 0 Å². The normalized spacial score (nSPS) is 11.1. The zero-order valence-corrected chi connectivity index (χ0v) is 8.68. The average molecular weight is 228 g/mol. The second kappa shape index (κ2) is 3.18. The summed E-state index contributed by atoms with van der Waals surface area (Å²) in [6.07, 6.45) is 1.19. The van der Waals surface area contributed by atoms with Gasteiger partial charge in [-0.05, 0) is 12.1 Å². The third-order valence-corrected chi connectivity index (χ3v) is 2.62. The van der Waals surface area contributed by atoms with Gasteiger partial charge in [0.2, 0.25) is 5.78 Å². The van der Waals surface area contributed by atoms with Crippen molar-refractivity contribution in [3.8, 4) is 0 Å². The minimum atomic E-state index is -0.776. The number of para-hydroxylation sites is 2. The van der Waals surface area contributed by atoms with Crippen LogP contribution in [0.3, 0.4) is 0 Å². The fourth-order valence-electron chi connectivity index (χ4n) is 1.83. The van der Waals surface area contributed by atoms with E-state index in [9.17, 15) is 9.59 Å². The lowest BCUT2D eigenvalue weighted by molar-refractivity contribution is 0.0998. The summed E-state index contributed by atoms with van der Waals surface area (Å²) in [7, 11) is 0. The van der Waals surface area contributed by atoms with Crippen molar-refractivity contribution in [1.82, 2.24) is 14.4 Å². The van der Waals surface area contributed by atoms with Crippen LogP contribution in [0.2, 0.25) is 0 Å². The van der Waals surface area contributed by atoms with E-state index in [2.05, 4.69) is 9.97 Å². The Bertz CT molecular complexity index is 800. The highest BCUT2D eigenvalue weighted by Crippen LogP contribution is 2.12. The van der Waals surface area contributed by atoms with E-state index in [1.807, 2.05) is 12.1 Å². The van der Waals surface area contributed by atoms with Gasteiger partial charge in [0.05, 0.1) is 11.0 Å². The number of rotatable bonds is 1. The van der Waals surface area contributed by atoms with Crippen LogP contribution in [0.25, 0.3) is 16.8 Å². The number of H-pyrrole nitrogens is 1. The zero-order chi connectivity index (χ0) is 12.0. The first kappa shape index (κ1) is 9.59. The highest BCUT2D eigenvalue weighted by atomic mass is 16.2. The highest BCUT2D eigenvalue weighted by Gasteiger charge is 2.12. The van der Waals surface area contributed by atoms with Gasteiger partial charge in [0.15, 0.2) is 0 Å². The number of carbonyl (C=O) groups excluding carboxylic acids is 1. The third kappa shape index (κ3) is 1.24. The third-order valence-electron chi connectivity index (χ3n) is 2.62. The number of primary amides is 1. The van der Waals surface area contributed by atoms with Gasteiger partial charge >= 0.3 is 0 Å². The molecule has 2 heterocycles. The maximum atomic E-state index is 12.0. The largest absolute Gasteiger partial charge is 0.365 e. The number of hydrogen-bond donors (Lipinski definition) is 2. The van der Waals surface area contributed by atoms with Crippen molar-refractivity contribution in [2.75, 3.05) is 0 Å². The number of hydrogen-bond acceptors (Lipinski definition) is 3. The van der Waals surface area contributed by atoms with Crippen LogP contribution >= 0.6 is 0 Å². The number of imidazole rings is 1. The molecule has 0 radical (unpaired) electrons. The molecule has 3 rings (SSSR count). The summed E-state index contributed by atoms with van der Waals surface area (Å²) in [5.41, 5.74) is 5.99. The summed E-state index contributed by atoms with van der Waals surface area (Å²) in [6.45, 7) is 0. The van der Waals surface area contributed by atoms with Crippen molar-refractivity contribution in [3.05, 3.63) is 46.4 Å². The topological polar surface area (TPSA) is 93.2 Å². The first-order chi connectivity index (χ1) is 8.18. The maximum absolute atomic E-state index is 12.0. The molecule has 17 heavy (non-hydrogen) atoms. The number of benzene rings is 1. The smallest absolute Gasteiger partial charge is 0.272 e. The van der Waals surface area contributed by atoms with Crippen LogP contribution in [0.4, 0.5) is 0 Å². The molecule has 6 heteroatoms. The van der Waals surface area contributed by atoms with Crippen molar-refractivity contribution in [3.63, 3.8) is 0 Å². The van der Waals surface area contributed by atoms with Crippen LogP contribution in [0.5, 0.6) is 0 Å². The second-order valence-corrected chi connectivity index (χ2v) is 3.64. The Balaban J connectivity index is 2.57. The fourth-order valence-corrected chi connectivity index (χ4v) is 1.83. The molecule has 0 aliphatic heterocycles. The predicted octanol–water partition coefficient (Wildman–Crippen LogP) is 0.275. The molecule has 0 saturated carbocycles. The minimum Gasteiger partial charge on any atom is -0.365 e. The molecule has 0 saturated heterocycles. The molecule has 6 nitrogen and oxygen atoms in total. The molecular formula is C11H8N4O2. The molecule has 0 fully saturated rings. The Morgan fingerprint density at radius 1 is 1.35 bits per heavy atom. The van der Waals surface area contributed by atoms with E-state index in [-0.39, 0.29) is 5.56 Å². The number of nitrogens with zero attached hydrogens (tertiary/aromatic N) is 2. The van der Waals surface area contributed by atoms with Gasteiger partial charge in [0, 0.05) is 6.20 Å². The van der Waals surface area contributed by atoms with Crippen molar-refractivity contribution in [2.45, 2.75) is 0 Å². The quantitative estimate of drug-likeness (QED) is 0.626. The Hall–Kier alpha value is -2.63. The molecule has 0 atom stereocenters. The summed E-state index contributed by atoms with van der Waals surface area (Å²) < 4.78 is 1.34. The van der Waals surface area contributed by atoms with Gasteiger partial charge in [-0.1, -0.05) is 12.1 Å². The molecule has 1 aromatic carbocycles. The lowest BCUT2D eigenvalue weighted by Crippen LogP contribution is -2.26. The molecule has 2 aromatic heterocycles. The Kier molecular flexibility index (Phi) is 1.79. The van der Waals surface area contributed by atoms with E-state index >= 15 is 0 Å². The van der Waals surface area contributed by atoms with E-state index in [1.165, 1.54) is 10.6 Å². The van der Waals surface area contributed by atoms with Crippen molar-refractivity contribution in [2.24, 2.45) is 5.73 Å². The van der Waals surface area contributed by atoms with Gasteiger partial charge < -0.3 is 10.7 Å². The van der Waals surface area contributed by atoms with Crippen LogP contribution in [0.1, 0.15) is 10.4 Å². The number of aromatic amines is 1. The first-order valence-corrected chi connectivity index (χ1v) is 4.97. The van der Waals surface area contributed by atoms with Gasteiger partial charge in [-0.3, -0.25) is 9.59 Å². The van der Waals surface area contributed by atoms with Gasteiger partial charge in [0.1, 0.15) is 5.56 Å². The van der Waals surface area contributed by atoms with Crippen LogP contribution in [0.15, 0.2) is 35.3 Å². The van der Waals surface area contributed by atoms with Crippen LogP contribution in [-0.4, -0.2) is 20.3 Å². The molecule has 1 amide bonds. The number of nitrogens with one attached hydrogen (secondary N) is 1. The van der Waals surface area contributed by atoms with Crippen molar-refractivity contribution >= 4 is 22.7 Å². The number of nitrogens with two attached hydrogens (primary N) is 1. The minimum absolute atomic E-state index is 0.118. The summed E-state index contributed by atoms with van der Waals surface area (Å²) in [5.74, 6) is -0.386.